The molecule has 1 N–H and O–H groups in total. The van der Waals surface area contributed by atoms with Crippen LogP contribution in [-0.2, 0) is 4.74 Å². The normalized spacial score (nSPS) is 10.8. The van der Waals surface area contributed by atoms with Crippen LogP contribution in [0.5, 0.6) is 0 Å². The maximum atomic E-state index is 12.8. The molecule has 142 valence electrons. The van der Waals surface area contributed by atoms with E-state index < -0.39 is 5.97 Å². The molecule has 0 aliphatic heterocycles. The van der Waals surface area contributed by atoms with Gasteiger partial charge >= 0.3 is 5.97 Å². The maximum absolute atomic E-state index is 12.8. The minimum atomic E-state index is -0.477. The topological polar surface area (TPSA) is 67.8 Å². The molecule has 0 saturated carbocycles. The quantitative estimate of drug-likeness (QED) is 0.461. The number of hydrogen-bond donors (Lipinski definition) is 1. The molecule has 3 rings (SSSR count). The molecule has 0 atom stereocenters. The number of nitrogens with zero attached hydrogens (tertiary/aromatic N) is 1. The molecule has 6 heteroatoms. The number of carbonyl (C=O) groups excluding carboxylic acids is 2. The van der Waals surface area contributed by atoms with Crippen LogP contribution in [-0.4, -0.2) is 24.7 Å². The number of amides is 1. The van der Waals surface area contributed by atoms with Crippen molar-refractivity contribution >= 4 is 40.1 Å². The van der Waals surface area contributed by atoms with E-state index >= 15 is 0 Å². The summed E-state index contributed by atoms with van der Waals surface area (Å²) in [5.74, 6) is -0.754. The Bertz CT molecular complexity index is 995. The van der Waals surface area contributed by atoms with E-state index in [1.54, 1.807) is 20.1 Å². The van der Waals surface area contributed by atoms with Crippen molar-refractivity contribution in [2.75, 3.05) is 11.9 Å². The lowest BCUT2D eigenvalue weighted by atomic mass is 10.1. The van der Waals surface area contributed by atoms with Gasteiger partial charge in [0, 0.05) is 11.9 Å². The van der Waals surface area contributed by atoms with E-state index in [9.17, 15) is 9.59 Å². The van der Waals surface area contributed by atoms with Crippen molar-refractivity contribution in [1.82, 2.24) is 0 Å². The van der Waals surface area contributed by atoms with Crippen molar-refractivity contribution in [3.63, 3.8) is 0 Å². The lowest BCUT2D eigenvalue weighted by Crippen LogP contribution is -2.12. The number of esters is 1. The third-order valence-corrected chi connectivity index (χ3v) is 5.17. The first-order valence-corrected chi connectivity index (χ1v) is 9.67. The molecule has 2 aromatic carbocycles. The summed E-state index contributed by atoms with van der Waals surface area (Å²) in [7, 11) is 0. The Kier molecular flexibility index (Phi) is 6.34. The van der Waals surface area contributed by atoms with Gasteiger partial charge in [0.1, 0.15) is 10.6 Å². The number of para-hydroxylation sites is 1. The summed E-state index contributed by atoms with van der Waals surface area (Å²) in [4.78, 5) is 30.1. The summed E-state index contributed by atoms with van der Waals surface area (Å²) < 4.78 is 5.17. The lowest BCUT2D eigenvalue weighted by Gasteiger charge is -2.05. The third kappa shape index (κ3) is 4.53. The highest BCUT2D eigenvalue weighted by Gasteiger charge is 2.25. The van der Waals surface area contributed by atoms with E-state index in [1.165, 1.54) is 11.3 Å². The molecule has 0 fully saturated rings. The minimum absolute atomic E-state index is 0.251. The van der Waals surface area contributed by atoms with Crippen LogP contribution >= 0.6 is 11.3 Å². The van der Waals surface area contributed by atoms with Crippen molar-refractivity contribution in [2.24, 2.45) is 4.99 Å². The molecular weight excluding hydrogens is 372 g/mol. The van der Waals surface area contributed by atoms with E-state index in [2.05, 4.69) is 10.3 Å². The van der Waals surface area contributed by atoms with Crippen LogP contribution in [0.15, 0.2) is 65.7 Å². The number of ether oxygens (including phenoxy) is 1. The second kappa shape index (κ2) is 9.10. The Morgan fingerprint density at radius 3 is 2.36 bits per heavy atom. The summed E-state index contributed by atoms with van der Waals surface area (Å²) in [5, 5.41) is 3.31. The zero-order valence-corrected chi connectivity index (χ0v) is 16.5. The lowest BCUT2D eigenvalue weighted by molar-refractivity contribution is 0.0527. The predicted molar refractivity (Wildman–Crippen MR) is 113 cm³/mol. The zero-order valence-electron chi connectivity index (χ0n) is 15.6. The number of aliphatic imine (C=N–C) groups is 1. The summed E-state index contributed by atoms with van der Waals surface area (Å²) in [6, 6.07) is 18.7. The highest BCUT2D eigenvalue weighted by atomic mass is 32.1. The molecule has 1 aromatic heterocycles. The van der Waals surface area contributed by atoms with Crippen LogP contribution in [0.3, 0.4) is 0 Å². The molecule has 0 spiro atoms. The van der Waals surface area contributed by atoms with Gasteiger partial charge in [-0.3, -0.25) is 4.79 Å². The van der Waals surface area contributed by atoms with E-state index in [1.807, 2.05) is 60.7 Å². The van der Waals surface area contributed by atoms with Crippen molar-refractivity contribution < 1.29 is 14.3 Å². The number of benzene rings is 2. The Morgan fingerprint density at radius 2 is 1.71 bits per heavy atom. The molecule has 0 saturated heterocycles. The Labute approximate surface area is 167 Å². The van der Waals surface area contributed by atoms with E-state index in [0.717, 1.165) is 5.56 Å². The predicted octanol–water partition coefficient (Wildman–Crippen LogP) is 5.24. The smallest absolute Gasteiger partial charge is 0.341 e. The van der Waals surface area contributed by atoms with Gasteiger partial charge in [-0.15, -0.1) is 11.3 Å². The van der Waals surface area contributed by atoms with E-state index in [-0.39, 0.29) is 12.5 Å². The molecule has 5 nitrogen and oxygen atoms in total. The molecule has 1 amide bonds. The molecule has 0 radical (unpaired) electrons. The van der Waals surface area contributed by atoms with Gasteiger partial charge < -0.3 is 10.1 Å². The Balaban J connectivity index is 1.96. The Morgan fingerprint density at radius 1 is 1.07 bits per heavy atom. The average molecular weight is 392 g/mol. The maximum Gasteiger partial charge on any atom is 0.341 e. The molecule has 0 aliphatic rings. The van der Waals surface area contributed by atoms with Crippen molar-refractivity contribution in [3.05, 3.63) is 82.2 Å². The highest BCUT2D eigenvalue weighted by molar-refractivity contribution is 7.18. The van der Waals surface area contributed by atoms with Gasteiger partial charge in [0.2, 0.25) is 0 Å². The largest absolute Gasteiger partial charge is 0.462 e. The SMILES string of the molecule is CCOC(=O)c1c(/N=C/c2ccccc2)sc(C(=O)Nc2ccccc2)c1C. The van der Waals surface area contributed by atoms with Crippen LogP contribution in [0.2, 0.25) is 0 Å². The van der Waals surface area contributed by atoms with E-state index in [0.29, 0.717) is 26.7 Å². The first-order valence-electron chi connectivity index (χ1n) is 8.86. The van der Waals surface area contributed by atoms with Gasteiger partial charge in [0.05, 0.1) is 11.5 Å². The van der Waals surface area contributed by atoms with Crippen molar-refractivity contribution in [1.29, 1.82) is 0 Å². The highest BCUT2D eigenvalue weighted by Crippen LogP contribution is 2.36. The van der Waals surface area contributed by atoms with Crippen LogP contribution < -0.4 is 5.32 Å². The summed E-state index contributed by atoms with van der Waals surface area (Å²) in [6.07, 6.45) is 1.67. The van der Waals surface area contributed by atoms with Gasteiger partial charge in [-0.1, -0.05) is 48.5 Å². The zero-order chi connectivity index (χ0) is 19.9. The number of anilines is 1. The molecule has 28 heavy (non-hydrogen) atoms. The molecule has 0 aliphatic carbocycles. The van der Waals surface area contributed by atoms with Crippen molar-refractivity contribution in [3.8, 4) is 0 Å². The van der Waals surface area contributed by atoms with Gasteiger partial charge in [-0.05, 0) is 37.1 Å². The van der Waals surface area contributed by atoms with Crippen LogP contribution in [0.25, 0.3) is 0 Å². The van der Waals surface area contributed by atoms with Gasteiger partial charge in [-0.25, -0.2) is 9.79 Å². The second-order valence-corrected chi connectivity index (χ2v) is 6.94. The van der Waals surface area contributed by atoms with Gasteiger partial charge in [0.15, 0.2) is 0 Å². The third-order valence-electron chi connectivity index (χ3n) is 3.98. The monoisotopic (exact) mass is 392 g/mol. The first-order chi connectivity index (χ1) is 13.6. The van der Waals surface area contributed by atoms with Crippen LogP contribution in [0, 0.1) is 6.92 Å². The fourth-order valence-corrected chi connectivity index (χ4v) is 3.67. The Hall–Kier alpha value is -3.25. The second-order valence-electron chi connectivity index (χ2n) is 5.95. The van der Waals surface area contributed by atoms with Gasteiger partial charge in [0.25, 0.3) is 5.91 Å². The number of hydrogen-bond acceptors (Lipinski definition) is 5. The first kappa shape index (κ1) is 19.5. The number of rotatable bonds is 6. The molecule has 0 bridgehead atoms. The summed E-state index contributed by atoms with van der Waals surface area (Å²) in [6.45, 7) is 3.74. The van der Waals surface area contributed by atoms with Crippen molar-refractivity contribution in [2.45, 2.75) is 13.8 Å². The number of carbonyl (C=O) groups is 2. The fourth-order valence-electron chi connectivity index (χ4n) is 2.63. The fraction of sp³-hybridized carbons (Fsp3) is 0.136. The minimum Gasteiger partial charge on any atom is -0.462 e. The summed E-state index contributed by atoms with van der Waals surface area (Å²) in [5.41, 5.74) is 2.49. The molecule has 0 unspecified atom stereocenters. The van der Waals surface area contributed by atoms with Crippen LogP contribution in [0.1, 0.15) is 38.1 Å². The van der Waals surface area contributed by atoms with E-state index in [4.69, 9.17) is 4.74 Å². The number of thiophene rings is 1. The van der Waals surface area contributed by atoms with Gasteiger partial charge in [-0.2, -0.15) is 0 Å². The molecular formula is C22H20N2O3S. The number of nitrogens with one attached hydrogen (secondary N) is 1. The molecule has 1 heterocycles. The standard InChI is InChI=1S/C22H20N2O3S/c1-3-27-22(26)18-15(2)19(20(25)24-17-12-8-5-9-13-17)28-21(18)23-14-16-10-6-4-7-11-16/h4-14H,3H2,1-2H3,(H,24,25)/b23-14+. The summed E-state index contributed by atoms with van der Waals surface area (Å²) >= 11 is 1.18. The van der Waals surface area contributed by atoms with Crippen LogP contribution in [0.4, 0.5) is 10.7 Å². The molecule has 3 aromatic rings. The average Bonchev–Trinajstić information content (AvgIpc) is 3.04.